The van der Waals surface area contributed by atoms with Crippen molar-refractivity contribution in [2.24, 2.45) is 0 Å². The van der Waals surface area contributed by atoms with Crippen LogP contribution in [0.1, 0.15) is 184 Å². The molecule has 20 nitrogen and oxygen atoms in total. The van der Waals surface area contributed by atoms with Crippen LogP contribution in [0.15, 0.2) is 60.7 Å². The molecule has 0 N–H and O–H groups in total. The van der Waals surface area contributed by atoms with Crippen LogP contribution in [0.3, 0.4) is 0 Å². The summed E-state index contributed by atoms with van der Waals surface area (Å²) < 4.78 is 82.6. The van der Waals surface area contributed by atoms with Gasteiger partial charge in [0.05, 0.1) is 343 Å². The lowest BCUT2D eigenvalue weighted by atomic mass is 9.94. The third-order valence-electron chi connectivity index (χ3n) is 22.9. The van der Waals surface area contributed by atoms with E-state index in [4.69, 9.17) is 47.4 Å². The minimum Gasteiger partial charge on any atom is -1.00 e. The van der Waals surface area contributed by atoms with Gasteiger partial charge in [0.1, 0.15) is 57.5 Å². The molecule has 5 aromatic carbocycles. The van der Waals surface area contributed by atoms with Crippen molar-refractivity contribution in [3.63, 3.8) is 0 Å². The van der Waals surface area contributed by atoms with Gasteiger partial charge in [-0.3, -0.25) is 0 Å². The number of nitrogens with zero attached hydrogens (tertiary/aromatic N) is 10. The molecular weight excluding hydrogens is 2360 g/mol. The molecule has 0 spiro atoms. The Labute approximate surface area is 930 Å². The van der Waals surface area contributed by atoms with Gasteiger partial charge in [-0.1, -0.05) is 0 Å². The summed E-state index contributed by atoms with van der Waals surface area (Å²) in [4.78, 5) is 0. The first-order valence-corrected chi connectivity index (χ1v) is 48.3. The van der Waals surface area contributed by atoms with Crippen LogP contribution in [-0.4, -0.2) is 388 Å². The van der Waals surface area contributed by atoms with Gasteiger partial charge in [-0.2, -0.15) is 0 Å². The Morgan fingerprint density at radius 1 is 0.133 bits per heavy atom. The first-order chi connectivity index (χ1) is 58.2. The van der Waals surface area contributed by atoms with Crippen molar-refractivity contribution >= 4 is 0 Å². The van der Waals surface area contributed by atoms with Crippen LogP contribution in [0, 0.1) is 0 Å². The van der Waals surface area contributed by atoms with Crippen LogP contribution in [0.2, 0.25) is 0 Å². The third kappa shape index (κ3) is 63.5. The highest BCUT2D eigenvalue weighted by atomic mass is 79.9. The van der Waals surface area contributed by atoms with E-state index in [1.165, 1.54) is 0 Å². The number of rotatable bonds is 60. The summed E-state index contributed by atoms with van der Waals surface area (Å²) in [7, 11) is 68.4. The lowest BCUT2D eigenvalue weighted by molar-refractivity contribution is -0.870. The Morgan fingerprint density at radius 2 is 0.207 bits per heavy atom. The van der Waals surface area contributed by atoms with E-state index in [-0.39, 0.29) is 170 Å². The first-order valence-electron chi connectivity index (χ1n) is 48.3. The molecule has 10 aliphatic carbocycles. The van der Waals surface area contributed by atoms with Gasteiger partial charge in [-0.25, -0.2) is 0 Å². The number of hydrogen-bond donors (Lipinski definition) is 0. The maximum atomic E-state index is 7.37. The van der Waals surface area contributed by atoms with Crippen molar-refractivity contribution in [3.05, 3.63) is 116 Å². The summed E-state index contributed by atoms with van der Waals surface area (Å²) in [5, 5.41) is 0. The van der Waals surface area contributed by atoms with Gasteiger partial charge in [0.15, 0.2) is 0 Å². The molecule has 0 saturated carbocycles. The fourth-order valence-corrected chi connectivity index (χ4v) is 15.7. The van der Waals surface area contributed by atoms with Crippen molar-refractivity contribution in [1.82, 2.24) is 0 Å². The lowest BCUT2D eigenvalue weighted by Crippen LogP contribution is -3.00. The number of ether oxygens (including phenoxy) is 10. The summed E-state index contributed by atoms with van der Waals surface area (Å²) in [6, 6.07) is 23.2. The number of quaternary nitrogens is 10. The Morgan fingerprint density at radius 3 is 0.274 bits per heavy atom. The number of hydrogen-bond acceptors (Lipinski definition) is 10. The highest BCUT2D eigenvalue weighted by molar-refractivity contribution is 5.60. The number of unbranched alkanes of at least 4 members (excludes halogenated alkanes) is 10. The maximum absolute atomic E-state index is 7.37. The monoisotopic (exact) mass is 2540 g/mol. The standard InChI is InChI=1S/C105H190N10O10.10BrH/c1-106(2,3)51-31-41-61-116-96-76-87-72-89-79-101(121-66-46-36-56-111(16,17)18)91(81-100(89)120-65-45-35-55-110(13,14)15)74-93-83-105(125-70-50-40-60-115(28,29)30)95(85-104(93)124-69-49-39-59-114(25,26)27)75-94-84-102(122-67-47-37-57-112(19,20)21)92(82-103(94)123-68-48-38-58-113(22,23)24)73-90-80-98(118-63-43-33-53-108(7,8)9)88(78-99(90)119-64-44-34-54-109(10,11)12)71-86(96)77-97(87)117-62-42-32-52-107(4,5)6;;;;;;;;;;/h76-85H,31-75H2,1-30H3;10*1H/q+10;;;;;;;;;;/p-10. The molecular formula is C105H190Br10N10O10. The fourth-order valence-electron chi connectivity index (χ4n) is 15.7. The zero-order valence-corrected chi connectivity index (χ0v) is 106. The fraction of sp³-hybridized carbons (Fsp3) is 0.714. The molecule has 0 unspecified atom stereocenters. The van der Waals surface area contributed by atoms with E-state index >= 15 is 0 Å². The van der Waals surface area contributed by atoms with Crippen molar-refractivity contribution in [3.8, 4) is 57.5 Å². The molecule has 5 aromatic rings. The van der Waals surface area contributed by atoms with Crippen LogP contribution in [0.25, 0.3) is 0 Å². The predicted molar refractivity (Wildman–Crippen MR) is 523 cm³/mol. The molecule has 0 aromatic heterocycles. The lowest BCUT2D eigenvalue weighted by Gasteiger charge is -2.25. The second-order valence-corrected chi connectivity index (χ2v) is 46.9. The van der Waals surface area contributed by atoms with E-state index in [9.17, 15) is 0 Å². The van der Waals surface area contributed by atoms with E-state index in [0.717, 1.165) is 352 Å². The van der Waals surface area contributed by atoms with E-state index in [1.807, 2.05) is 0 Å². The quantitative estimate of drug-likeness (QED) is 0.0272. The third-order valence-corrected chi connectivity index (χ3v) is 22.9. The van der Waals surface area contributed by atoms with E-state index in [0.29, 0.717) is 98.2 Å². The molecule has 0 atom stereocenters. The molecule has 0 radical (unpaired) electrons. The summed E-state index contributed by atoms with van der Waals surface area (Å²) in [6.45, 7) is 16.0. The smallest absolute Gasteiger partial charge is 0.123 e. The average Bonchev–Trinajstić information content (AvgIpc) is 1.53. The van der Waals surface area contributed by atoms with Crippen LogP contribution < -0.4 is 217 Å². The van der Waals surface area contributed by atoms with Gasteiger partial charge < -0.3 is 262 Å². The highest BCUT2D eigenvalue weighted by Gasteiger charge is 2.28. The topological polar surface area (TPSA) is 92.3 Å². The molecule has 15 rings (SSSR count). The summed E-state index contributed by atoms with van der Waals surface area (Å²) in [5.41, 5.74) is 10.4. The largest absolute Gasteiger partial charge is 1.00 e. The van der Waals surface area contributed by atoms with Crippen molar-refractivity contribution < 1.29 is 262 Å². The molecule has 10 aliphatic rings. The van der Waals surface area contributed by atoms with Gasteiger partial charge in [0, 0.05) is 87.7 Å². The van der Waals surface area contributed by atoms with Gasteiger partial charge in [-0.15, -0.1) is 0 Å². The Kier molecular flexibility index (Phi) is 71.5. The highest BCUT2D eigenvalue weighted by Crippen LogP contribution is 2.44. The molecule has 135 heavy (non-hydrogen) atoms. The Hall–Kier alpha value is -1.50. The molecule has 0 saturated heterocycles. The van der Waals surface area contributed by atoms with E-state index in [1.54, 1.807) is 0 Å². The van der Waals surface area contributed by atoms with Crippen LogP contribution >= 0.6 is 0 Å². The van der Waals surface area contributed by atoms with Crippen LogP contribution in [0.5, 0.6) is 57.5 Å². The molecule has 0 fully saturated rings. The van der Waals surface area contributed by atoms with Gasteiger partial charge in [-0.05, 0) is 189 Å². The zero-order chi connectivity index (χ0) is 92.5. The second-order valence-electron chi connectivity index (χ2n) is 46.9. The molecule has 0 aliphatic heterocycles. The van der Waals surface area contributed by atoms with Gasteiger partial charge in [0.2, 0.25) is 0 Å². The van der Waals surface area contributed by atoms with Crippen LogP contribution in [-0.2, 0) is 32.1 Å². The summed E-state index contributed by atoms with van der Waals surface area (Å²) >= 11 is 0. The molecule has 30 heteroatoms. The summed E-state index contributed by atoms with van der Waals surface area (Å²) in [5.74, 6) is 8.43. The van der Waals surface area contributed by atoms with Gasteiger partial charge in [0.25, 0.3) is 0 Å². The van der Waals surface area contributed by atoms with Crippen molar-refractivity contribution in [1.29, 1.82) is 0 Å². The maximum Gasteiger partial charge on any atom is 0.123 e. The van der Waals surface area contributed by atoms with Gasteiger partial charge >= 0.3 is 0 Å². The second kappa shape index (κ2) is 68.0. The minimum absolute atomic E-state index is 0. The molecule has 10 bridgehead atoms. The van der Waals surface area contributed by atoms with Crippen LogP contribution in [0.4, 0.5) is 0 Å². The predicted octanol–water partition coefficient (Wildman–Crippen LogP) is -13.4. The molecule has 0 heterocycles. The molecule has 0 amide bonds. The van der Waals surface area contributed by atoms with Crippen molar-refractivity contribution in [2.75, 3.05) is 343 Å². The number of halogens is 10. The number of benzene rings is 5. The SMILES string of the molecule is C[N+](C)(C)CCCCOc1cc2c(OCCCC[N+](C)(C)C)cc1Cc1cc(OCCCC[N+](C)(C)C)c(cc1OCCCC[N+](C)(C)C)Cc1cc(OCCCC[N+](C)(C)C)c(cc1OCCCC[N+](C)(C)C)Cc1cc(OCCCC[N+](C)(C)C)c(cc1OCCCC[N+](C)(C)C)Cc1cc(OCCCC[N+](C)(C)C)c(cc1OCCCC[N+](C)(C)C)C2.[Br-].[Br-].[Br-].[Br-].[Br-].[Br-].[Br-].[Br-].[Br-].[Br-]. The Bertz CT molecular complexity index is 3170. The normalized spacial score (nSPS) is 12.5. The van der Waals surface area contributed by atoms with E-state index in [2.05, 4.69) is 272 Å². The zero-order valence-electron chi connectivity index (χ0n) is 89.9. The molecule has 790 valence electrons. The Balaban J connectivity index is -0.00000563. The first kappa shape index (κ1) is 142. The van der Waals surface area contributed by atoms with E-state index < -0.39 is 0 Å². The average molecular weight is 2550 g/mol. The minimum atomic E-state index is 0. The van der Waals surface area contributed by atoms with Crippen molar-refractivity contribution in [2.45, 2.75) is 161 Å². The summed E-state index contributed by atoms with van der Waals surface area (Å²) in [6.07, 6.45) is 21.9.